The molecule has 17 heteroatoms. The van der Waals surface area contributed by atoms with E-state index in [1.807, 2.05) is 0 Å². The Morgan fingerprint density at radius 3 is 1.75 bits per heavy atom. The molecule has 2 N–H and O–H groups in total. The molecule has 6 unspecified atom stereocenters. The van der Waals surface area contributed by atoms with Crippen LogP contribution in [-0.2, 0) is 39.3 Å². The number of halogens is 5. The van der Waals surface area contributed by atoms with Gasteiger partial charge >= 0.3 is 33.5 Å². The van der Waals surface area contributed by atoms with Crippen LogP contribution in [0, 0.1) is 23.7 Å². The summed E-state index contributed by atoms with van der Waals surface area (Å²) in [5, 5.41) is -4.90. The number of hydrogen-bond donors (Lipinski definition) is 2. The first kappa shape index (κ1) is 26.7. The first-order valence-electron chi connectivity index (χ1n) is 9.03. The van der Waals surface area contributed by atoms with Crippen LogP contribution >= 0.6 is 0 Å². The van der Waals surface area contributed by atoms with Gasteiger partial charge in [-0.25, -0.2) is 0 Å². The van der Waals surface area contributed by atoms with E-state index < -0.39 is 85.2 Å². The van der Waals surface area contributed by atoms with Crippen molar-refractivity contribution >= 4 is 32.2 Å². The maximum Gasteiger partial charge on any atom is 0.426 e. The van der Waals surface area contributed by atoms with Gasteiger partial charge in [0.15, 0.2) is 6.10 Å². The Bertz CT molecular complexity index is 962. The van der Waals surface area contributed by atoms with Crippen LogP contribution in [0.3, 0.4) is 0 Å². The molecule has 32 heavy (non-hydrogen) atoms. The highest BCUT2D eigenvalue weighted by Gasteiger charge is 2.59. The van der Waals surface area contributed by atoms with E-state index in [4.69, 9.17) is 9.11 Å². The smallest absolute Gasteiger partial charge is 0.426 e. The molecular formula is C15H19F5O10S2. The van der Waals surface area contributed by atoms with Crippen molar-refractivity contribution in [3.05, 3.63) is 0 Å². The fourth-order valence-electron chi connectivity index (χ4n) is 4.11. The molecule has 6 atom stereocenters. The summed E-state index contributed by atoms with van der Waals surface area (Å²) in [4.78, 5) is 24.9. The van der Waals surface area contributed by atoms with E-state index in [1.54, 1.807) is 0 Å². The van der Waals surface area contributed by atoms with E-state index >= 15 is 0 Å². The SMILES string of the molecule is CC(OC(=O)C1C2CCC(C2)C1C(=O)OC(CS(=O)(=O)O)C(F)(F)F)C(F)(F)S(=O)(=O)O. The molecule has 0 saturated heterocycles. The maximum absolute atomic E-state index is 13.7. The Morgan fingerprint density at radius 2 is 1.38 bits per heavy atom. The van der Waals surface area contributed by atoms with Crippen LogP contribution in [0.1, 0.15) is 26.2 Å². The summed E-state index contributed by atoms with van der Waals surface area (Å²) in [7, 11) is -11.2. The Kier molecular flexibility index (Phi) is 7.20. The Hall–Kier alpha value is -1.59. The molecule has 2 saturated carbocycles. The van der Waals surface area contributed by atoms with Crippen molar-refractivity contribution in [1.29, 1.82) is 0 Å². The van der Waals surface area contributed by atoms with Crippen LogP contribution in [0.4, 0.5) is 22.0 Å². The third-order valence-electron chi connectivity index (χ3n) is 5.56. The molecule has 2 aliphatic rings. The van der Waals surface area contributed by atoms with Crippen LogP contribution in [0.15, 0.2) is 0 Å². The number of carbonyl (C=O) groups excluding carboxylic acids is 2. The average molecular weight is 518 g/mol. The molecule has 186 valence electrons. The summed E-state index contributed by atoms with van der Waals surface area (Å²) in [5.41, 5.74) is 0. The largest absolute Gasteiger partial charge is 0.455 e. The average Bonchev–Trinajstić information content (AvgIpc) is 3.19. The van der Waals surface area contributed by atoms with Gasteiger partial charge in [0, 0.05) is 0 Å². The van der Waals surface area contributed by atoms with Crippen LogP contribution in [0.2, 0.25) is 0 Å². The molecule has 0 amide bonds. The number of ether oxygens (including phenoxy) is 2. The van der Waals surface area contributed by atoms with Gasteiger partial charge in [-0.05, 0) is 38.0 Å². The lowest BCUT2D eigenvalue weighted by molar-refractivity contribution is -0.220. The Balaban J connectivity index is 2.23. The second kappa shape index (κ2) is 8.64. The molecule has 0 heterocycles. The second-order valence-corrected chi connectivity index (χ2v) is 10.7. The monoisotopic (exact) mass is 518 g/mol. The van der Waals surface area contributed by atoms with E-state index in [2.05, 4.69) is 9.47 Å². The number of alkyl halides is 5. The van der Waals surface area contributed by atoms with E-state index in [1.165, 1.54) is 0 Å². The molecule has 0 aromatic carbocycles. The molecule has 2 fully saturated rings. The highest BCUT2D eigenvalue weighted by molar-refractivity contribution is 7.87. The standard InChI is InChI=1S/C15H19F5O10S2/c1-6(15(19,20)32(26,27)28)29-12(21)10-7-2-3-8(4-7)11(10)13(22)30-9(14(16,17)18)5-31(23,24)25/h6-11H,2-5H2,1H3,(H,23,24,25)(H,26,27,28). The minimum Gasteiger partial charge on any atom is -0.455 e. The zero-order chi connectivity index (χ0) is 24.9. The summed E-state index contributed by atoms with van der Waals surface area (Å²) >= 11 is 0. The normalized spacial score (nSPS) is 28.2. The first-order chi connectivity index (χ1) is 14.3. The lowest BCUT2D eigenvalue weighted by atomic mass is 9.79. The van der Waals surface area contributed by atoms with Gasteiger partial charge in [0.05, 0.1) is 11.8 Å². The van der Waals surface area contributed by atoms with Gasteiger partial charge in [-0.2, -0.15) is 38.8 Å². The van der Waals surface area contributed by atoms with Gasteiger partial charge in [0.25, 0.3) is 10.1 Å². The number of carbonyl (C=O) groups is 2. The van der Waals surface area contributed by atoms with Crippen LogP contribution < -0.4 is 0 Å². The minimum absolute atomic E-state index is 0.136. The third kappa shape index (κ3) is 5.66. The van der Waals surface area contributed by atoms with Crippen molar-refractivity contribution in [2.24, 2.45) is 23.7 Å². The number of esters is 2. The number of fused-ring (bicyclic) bond motifs is 2. The minimum atomic E-state index is -5.97. The first-order valence-corrected chi connectivity index (χ1v) is 12.1. The summed E-state index contributed by atoms with van der Waals surface area (Å²) in [6.45, 7) is 0.456. The van der Waals surface area contributed by atoms with Crippen molar-refractivity contribution in [2.45, 2.75) is 49.8 Å². The van der Waals surface area contributed by atoms with Crippen LogP contribution in [0.5, 0.6) is 0 Å². The van der Waals surface area contributed by atoms with Crippen molar-refractivity contribution in [2.75, 3.05) is 5.75 Å². The quantitative estimate of drug-likeness (QED) is 0.273. The predicted octanol–water partition coefficient (Wildman–Crippen LogP) is 1.42. The topological polar surface area (TPSA) is 161 Å². The summed E-state index contributed by atoms with van der Waals surface area (Å²) in [6, 6.07) is 0. The highest BCUT2D eigenvalue weighted by atomic mass is 32.2. The zero-order valence-electron chi connectivity index (χ0n) is 16.2. The second-order valence-electron chi connectivity index (χ2n) is 7.72. The van der Waals surface area contributed by atoms with Gasteiger partial charge in [0.2, 0.25) is 6.10 Å². The Labute approximate surface area is 178 Å². The van der Waals surface area contributed by atoms with Gasteiger partial charge < -0.3 is 9.47 Å². The van der Waals surface area contributed by atoms with Crippen molar-refractivity contribution in [1.82, 2.24) is 0 Å². The van der Waals surface area contributed by atoms with Gasteiger partial charge in [-0.1, -0.05) is 0 Å². The highest BCUT2D eigenvalue weighted by Crippen LogP contribution is 2.53. The predicted molar refractivity (Wildman–Crippen MR) is 92.2 cm³/mol. The summed E-state index contributed by atoms with van der Waals surface area (Å²) in [6.07, 6.45) is -10.6. The van der Waals surface area contributed by atoms with E-state index in [9.17, 15) is 48.4 Å². The molecule has 2 bridgehead atoms. The number of hydrogen-bond acceptors (Lipinski definition) is 8. The van der Waals surface area contributed by atoms with Gasteiger partial charge in [-0.15, -0.1) is 0 Å². The lowest BCUT2D eigenvalue weighted by Gasteiger charge is -2.31. The fourth-order valence-corrected chi connectivity index (χ4v) is 5.21. The van der Waals surface area contributed by atoms with Gasteiger partial charge in [0.1, 0.15) is 5.75 Å². The molecule has 0 aromatic rings. The zero-order valence-corrected chi connectivity index (χ0v) is 17.8. The van der Waals surface area contributed by atoms with Crippen molar-refractivity contribution < 1.29 is 67.0 Å². The molecule has 0 radical (unpaired) electrons. The summed E-state index contributed by atoms with van der Waals surface area (Å²) < 4.78 is 136. The van der Waals surface area contributed by atoms with Crippen LogP contribution in [0.25, 0.3) is 0 Å². The van der Waals surface area contributed by atoms with Crippen LogP contribution in [-0.4, -0.2) is 67.3 Å². The third-order valence-corrected chi connectivity index (χ3v) is 7.30. The van der Waals surface area contributed by atoms with E-state index in [0.717, 1.165) is 0 Å². The molecular weight excluding hydrogens is 499 g/mol. The molecule has 10 nitrogen and oxygen atoms in total. The lowest BCUT2D eigenvalue weighted by Crippen LogP contribution is -2.46. The fraction of sp³-hybridized carbons (Fsp3) is 0.867. The maximum atomic E-state index is 13.7. The molecule has 0 spiro atoms. The van der Waals surface area contributed by atoms with Gasteiger partial charge in [-0.3, -0.25) is 18.7 Å². The number of rotatable bonds is 8. The van der Waals surface area contributed by atoms with E-state index in [-0.39, 0.29) is 12.8 Å². The molecule has 2 aliphatic carbocycles. The molecule has 2 rings (SSSR count). The van der Waals surface area contributed by atoms with Crippen molar-refractivity contribution in [3.63, 3.8) is 0 Å². The molecule has 0 aromatic heterocycles. The van der Waals surface area contributed by atoms with Crippen molar-refractivity contribution in [3.8, 4) is 0 Å². The Morgan fingerprint density at radius 1 is 0.938 bits per heavy atom. The molecule has 0 aliphatic heterocycles. The van der Waals surface area contributed by atoms with E-state index in [0.29, 0.717) is 13.3 Å². The summed E-state index contributed by atoms with van der Waals surface area (Å²) in [5.74, 6) is -9.65.